The fourth-order valence-electron chi connectivity index (χ4n) is 19.6. The standard InChI is InChI=1S/2C27H40N4O3.C27H43N3O3.C26H40ClN3O3/c1-19(2)16-23-26(32)31(15-12-29-23)24(17-20(3)4)27(33)30-13-10-21(11-14-30)18-34-25-9-7-6-8-22(25)28-5;1-19(2)14-24-26(32)31(13-10-29-24)25(15-20(3)4)27(33)30-11-8-21(9-12-30)18-34-23-7-5-6-22(16-23)17-28;1-19(2)16-24-26(31)30(15-12-28-24)25(17-20(3)4)27(32)29-13-10-22(11-14-29)18-33-23-8-6-21(5)7-9-23;1-18(2)15-23-25(31)30(14-11-28-23)24(16-19(3)4)26(32)29-12-9-20(10-13-29)17-33-22-7-5-21(27)6-8-22/h6-9,19-21,23-24,29H,10-18H2,1-4H3;5-7,16,19-21,24-25,29H,8-15,18H2,1-4H3;6-9,19-20,22,24-25,28H,10-18H2,1-5H3;5-8,18-20,23-24,28H,9-17H2,1-4H3/t23-,24-;2*24-,25-;23-,24-/m0000/s1. The van der Waals surface area contributed by atoms with Crippen molar-refractivity contribution in [1.29, 1.82) is 5.26 Å². The molecule has 8 heterocycles. The molecule has 134 heavy (non-hydrogen) atoms. The number of rotatable bonds is 36. The summed E-state index contributed by atoms with van der Waals surface area (Å²) >= 11 is 5.94. The molecule has 0 spiro atoms. The average Bonchev–Trinajstić information content (AvgIpc) is 0.815. The van der Waals surface area contributed by atoms with E-state index in [1.807, 2.05) is 106 Å². The predicted octanol–water partition coefficient (Wildman–Crippen LogP) is 15.6. The Balaban J connectivity index is 0.000000201. The molecule has 8 atom stereocenters. The van der Waals surface area contributed by atoms with E-state index < -0.39 is 0 Å². The molecule has 0 aromatic heterocycles. The van der Waals surface area contributed by atoms with Crippen molar-refractivity contribution in [3.63, 3.8) is 0 Å². The fraction of sp³-hybridized carbons (Fsp3) is 0.682. The van der Waals surface area contributed by atoms with Crippen LogP contribution in [-0.2, 0) is 38.4 Å². The van der Waals surface area contributed by atoms with Gasteiger partial charge in [0.1, 0.15) is 47.2 Å². The van der Waals surface area contributed by atoms with Crippen molar-refractivity contribution in [2.24, 2.45) is 71.0 Å². The van der Waals surface area contributed by atoms with E-state index >= 15 is 0 Å². The number of benzene rings is 4. The van der Waals surface area contributed by atoms with Gasteiger partial charge in [0.05, 0.1) is 68.8 Å². The molecule has 27 heteroatoms. The second-order valence-corrected chi connectivity index (χ2v) is 42.5. The highest BCUT2D eigenvalue weighted by atomic mass is 35.5. The Labute approximate surface area is 807 Å². The van der Waals surface area contributed by atoms with Crippen LogP contribution in [0.25, 0.3) is 4.85 Å². The first-order valence-corrected chi connectivity index (χ1v) is 51.0. The van der Waals surface area contributed by atoms with Crippen molar-refractivity contribution >= 4 is 64.5 Å². The number of hydrogen-bond acceptors (Lipinski definition) is 17. The van der Waals surface area contributed by atoms with Gasteiger partial charge in [0, 0.05) is 110 Å². The lowest BCUT2D eigenvalue weighted by atomic mass is 9.94. The Morgan fingerprint density at radius 1 is 0.381 bits per heavy atom. The molecule has 740 valence electrons. The summed E-state index contributed by atoms with van der Waals surface area (Å²) in [5.74, 6) is 8.45. The van der Waals surface area contributed by atoms with Crippen LogP contribution in [-0.4, -0.2) is 266 Å². The van der Waals surface area contributed by atoms with Gasteiger partial charge in [0.15, 0.2) is 0 Å². The number of piperazine rings is 4. The first-order valence-electron chi connectivity index (χ1n) is 50.7. The van der Waals surface area contributed by atoms with E-state index in [1.54, 1.807) is 18.2 Å². The average molecular weight is 1870 g/mol. The summed E-state index contributed by atoms with van der Waals surface area (Å²) in [6.45, 7) is 56.8. The number of hydrogen-bond donors (Lipinski definition) is 4. The van der Waals surface area contributed by atoms with Gasteiger partial charge in [-0.3, -0.25) is 38.4 Å². The maximum Gasteiger partial charge on any atom is 0.245 e. The van der Waals surface area contributed by atoms with Crippen molar-refractivity contribution < 1.29 is 57.3 Å². The van der Waals surface area contributed by atoms with Crippen molar-refractivity contribution in [1.82, 2.24) is 60.5 Å². The van der Waals surface area contributed by atoms with Gasteiger partial charge in [-0.05, 0) is 241 Å². The second kappa shape index (κ2) is 54.8. The van der Waals surface area contributed by atoms with Gasteiger partial charge in [-0.25, -0.2) is 4.85 Å². The summed E-state index contributed by atoms with van der Waals surface area (Å²) < 4.78 is 23.8. The molecular formula is C107H163ClN14O12. The summed E-state index contributed by atoms with van der Waals surface area (Å²) in [5.41, 5.74) is 2.35. The maximum absolute atomic E-state index is 13.6. The van der Waals surface area contributed by atoms with Crippen LogP contribution in [0, 0.1) is 95.8 Å². The highest BCUT2D eigenvalue weighted by Crippen LogP contribution is 2.34. The van der Waals surface area contributed by atoms with Crippen molar-refractivity contribution in [3.8, 4) is 29.1 Å². The molecule has 8 amide bonds. The van der Waals surface area contributed by atoms with E-state index in [1.165, 1.54) is 5.56 Å². The molecule has 0 aliphatic carbocycles. The van der Waals surface area contributed by atoms with Gasteiger partial charge in [0.25, 0.3) is 0 Å². The first-order chi connectivity index (χ1) is 64.1. The maximum atomic E-state index is 13.6. The van der Waals surface area contributed by atoms with E-state index in [2.05, 4.69) is 162 Å². The minimum atomic E-state index is -0.386. The summed E-state index contributed by atoms with van der Waals surface area (Å²) in [6.07, 6.45) is 13.2. The predicted molar refractivity (Wildman–Crippen MR) is 530 cm³/mol. The van der Waals surface area contributed by atoms with Crippen molar-refractivity contribution in [2.75, 3.05) is 131 Å². The zero-order chi connectivity index (χ0) is 97.2. The molecule has 0 bridgehead atoms. The number of carbonyl (C=O) groups is 8. The van der Waals surface area contributed by atoms with Crippen LogP contribution in [0.5, 0.6) is 23.0 Å². The van der Waals surface area contributed by atoms with Gasteiger partial charge in [-0.2, -0.15) is 5.26 Å². The van der Waals surface area contributed by atoms with E-state index in [-0.39, 0.29) is 95.6 Å². The highest BCUT2D eigenvalue weighted by molar-refractivity contribution is 6.30. The van der Waals surface area contributed by atoms with E-state index in [0.717, 1.165) is 147 Å². The number of para-hydroxylation sites is 2. The summed E-state index contributed by atoms with van der Waals surface area (Å²) in [4.78, 5) is 126. The summed E-state index contributed by atoms with van der Waals surface area (Å²) in [7, 11) is 0. The zero-order valence-corrected chi connectivity index (χ0v) is 84.7. The number of likely N-dealkylation sites (tertiary alicyclic amines) is 4. The van der Waals surface area contributed by atoms with Gasteiger partial charge in [-0.15, -0.1) is 0 Å². The Hall–Kier alpha value is -9.05. The van der Waals surface area contributed by atoms with Gasteiger partial charge in [0.2, 0.25) is 52.9 Å². The molecule has 4 N–H and O–H groups in total. The van der Waals surface area contributed by atoms with Crippen LogP contribution in [0.4, 0.5) is 5.69 Å². The van der Waals surface area contributed by atoms with Crippen LogP contribution in [0.2, 0.25) is 5.02 Å². The molecule has 26 nitrogen and oxygen atoms in total. The monoisotopic (exact) mass is 1870 g/mol. The molecule has 8 aliphatic heterocycles. The number of carbonyl (C=O) groups excluding carboxylic acids is 8. The number of nitrogens with zero attached hydrogens (tertiary/aromatic N) is 10. The smallest absolute Gasteiger partial charge is 0.245 e. The van der Waals surface area contributed by atoms with Crippen LogP contribution in [0.1, 0.15) is 225 Å². The Morgan fingerprint density at radius 3 is 0.948 bits per heavy atom. The highest BCUT2D eigenvalue weighted by Gasteiger charge is 2.45. The Bertz CT molecular complexity index is 4260. The normalized spacial score (nSPS) is 20.8. The number of aryl methyl sites for hydroxylation is 1. The summed E-state index contributed by atoms with van der Waals surface area (Å²) in [5, 5.41) is 23.2. The van der Waals surface area contributed by atoms with Crippen molar-refractivity contribution in [3.05, 3.63) is 125 Å². The molecule has 4 aromatic rings. The van der Waals surface area contributed by atoms with Crippen molar-refractivity contribution in [2.45, 2.75) is 269 Å². The number of ether oxygens (including phenoxy) is 4. The van der Waals surface area contributed by atoms with Crippen LogP contribution < -0.4 is 40.2 Å². The van der Waals surface area contributed by atoms with Crippen LogP contribution >= 0.6 is 11.6 Å². The van der Waals surface area contributed by atoms with E-state index in [0.29, 0.717) is 197 Å². The third-order valence-electron chi connectivity index (χ3n) is 27.0. The number of halogens is 1. The molecular weight excluding hydrogens is 1710 g/mol. The van der Waals surface area contributed by atoms with Gasteiger partial charge >= 0.3 is 0 Å². The third-order valence-corrected chi connectivity index (χ3v) is 27.2. The molecule has 8 fully saturated rings. The van der Waals surface area contributed by atoms with Crippen LogP contribution in [0.15, 0.2) is 97.1 Å². The number of nitriles is 1. The zero-order valence-electron chi connectivity index (χ0n) is 84.0. The molecule has 8 saturated heterocycles. The molecule has 8 aliphatic rings. The number of nitrogens with one attached hydrogen (secondary N) is 4. The fourth-order valence-corrected chi connectivity index (χ4v) is 19.7. The van der Waals surface area contributed by atoms with Gasteiger partial charge < -0.3 is 79.4 Å². The Kier molecular flexibility index (Phi) is 44.4. The lowest BCUT2D eigenvalue weighted by Crippen LogP contribution is -2.62. The van der Waals surface area contributed by atoms with E-state index in [9.17, 15) is 38.4 Å². The summed E-state index contributed by atoms with van der Waals surface area (Å²) in [6, 6.07) is 30.0. The Morgan fingerprint density at radius 2 is 0.664 bits per heavy atom. The molecule has 0 unspecified atom stereocenters. The van der Waals surface area contributed by atoms with Gasteiger partial charge in [-0.1, -0.05) is 164 Å². The number of piperidine rings is 4. The number of amides is 8. The van der Waals surface area contributed by atoms with E-state index in [4.69, 9.17) is 42.4 Å². The molecule has 12 rings (SSSR count). The quantitative estimate of drug-likeness (QED) is 0.0308. The molecule has 4 aromatic carbocycles. The molecule has 0 saturated carbocycles. The minimum Gasteiger partial charge on any atom is -0.504 e. The minimum absolute atomic E-state index is 0.0701. The first kappa shape index (κ1) is 109. The molecule has 0 radical (unpaired) electrons. The SMILES string of the molecule is CC(C)C[C@@H]1NCCN([C@@H](CC(C)C)C(=O)N2CCC(COc3ccc(Cl)cc3)CC2)C1=O.CC(C)C[C@@H]1NCCN([C@@H](CC(C)C)C(=O)N2CCC(COc3cccc(C#N)c3)CC2)C1=O.Cc1ccc(OCC2CCN(C(=O)[C@H](CC(C)C)N3CCN[C@@H](CC(C)C)C3=O)CC2)cc1.[C-]#[N+]c1ccccc1OCC1CCN(C(=O)[C@H](CC(C)C)N2CCN[C@@H](CC(C)C)C2=O)CC1. The topological polar surface area (TPSA) is 276 Å². The third kappa shape index (κ3) is 34.0. The largest absolute Gasteiger partial charge is 0.504 e. The lowest BCUT2D eigenvalue weighted by Gasteiger charge is -2.42. The second-order valence-electron chi connectivity index (χ2n) is 42.1. The lowest BCUT2D eigenvalue weighted by molar-refractivity contribution is -0.150. The van der Waals surface area contributed by atoms with Crippen LogP contribution in [0.3, 0.4) is 0 Å².